The van der Waals surface area contributed by atoms with Crippen molar-refractivity contribution in [1.29, 1.82) is 0 Å². The molecule has 4 heteroatoms. The Kier molecular flexibility index (Phi) is 4.65. The van der Waals surface area contributed by atoms with Crippen LogP contribution in [0.15, 0.2) is 12.5 Å². The second kappa shape index (κ2) is 6.49. The zero-order chi connectivity index (χ0) is 14.8. The molecular formula is C17H30N4. The molecule has 0 radical (unpaired) electrons. The van der Waals surface area contributed by atoms with Crippen molar-refractivity contribution in [3.8, 4) is 0 Å². The van der Waals surface area contributed by atoms with Gasteiger partial charge < -0.3 is 10.3 Å². The molecule has 2 aliphatic rings. The number of imidazole rings is 1. The van der Waals surface area contributed by atoms with Crippen LogP contribution in [-0.4, -0.2) is 39.6 Å². The van der Waals surface area contributed by atoms with Crippen LogP contribution in [0.25, 0.3) is 0 Å². The zero-order valence-electron chi connectivity index (χ0n) is 13.5. The Hall–Kier alpha value is -0.870. The van der Waals surface area contributed by atoms with Crippen molar-refractivity contribution >= 4 is 0 Å². The highest BCUT2D eigenvalue weighted by Crippen LogP contribution is 2.31. The summed E-state index contributed by atoms with van der Waals surface area (Å²) < 4.78 is 2.36. The van der Waals surface area contributed by atoms with Gasteiger partial charge in [0.25, 0.3) is 0 Å². The third-order valence-electron chi connectivity index (χ3n) is 5.45. The highest BCUT2D eigenvalue weighted by Gasteiger charge is 2.24. The topological polar surface area (TPSA) is 47.1 Å². The maximum absolute atomic E-state index is 6.01. The number of aromatic nitrogens is 2. The van der Waals surface area contributed by atoms with E-state index < -0.39 is 0 Å². The van der Waals surface area contributed by atoms with E-state index >= 15 is 0 Å². The summed E-state index contributed by atoms with van der Waals surface area (Å²) in [5.41, 5.74) is 7.25. The fraction of sp³-hybridized carbons (Fsp3) is 0.824. The summed E-state index contributed by atoms with van der Waals surface area (Å²) in [4.78, 5) is 7.15. The molecule has 1 saturated heterocycles. The van der Waals surface area contributed by atoms with Crippen LogP contribution >= 0.6 is 0 Å². The Bertz CT molecular complexity index is 447. The number of hydrogen-bond acceptors (Lipinski definition) is 3. The van der Waals surface area contributed by atoms with E-state index in [1.807, 2.05) is 0 Å². The quantitative estimate of drug-likeness (QED) is 0.927. The minimum atomic E-state index is 0.370. The SMILES string of the molecule is CC1CCC(n2cnc(CC(C)N3CC[C@H](N)C3)c2)CC1. The maximum atomic E-state index is 6.01. The third kappa shape index (κ3) is 3.67. The molecule has 0 spiro atoms. The standard InChI is InChI=1S/C17H30N4/c1-13-3-5-17(6-4-13)21-11-16(19-12-21)9-14(2)20-8-7-15(18)10-20/h11-15,17H,3-10,18H2,1-2H3/t13?,14?,15-,17?/m0/s1. The zero-order valence-corrected chi connectivity index (χ0v) is 13.5. The Balaban J connectivity index is 1.55. The van der Waals surface area contributed by atoms with Crippen molar-refractivity contribution in [3.05, 3.63) is 18.2 Å². The van der Waals surface area contributed by atoms with Gasteiger partial charge in [0.1, 0.15) is 0 Å². The van der Waals surface area contributed by atoms with Crippen LogP contribution in [0.1, 0.15) is 57.7 Å². The molecule has 0 amide bonds. The minimum Gasteiger partial charge on any atom is -0.334 e. The van der Waals surface area contributed by atoms with E-state index in [0.717, 1.165) is 31.8 Å². The number of nitrogens with two attached hydrogens (primary N) is 1. The third-order valence-corrected chi connectivity index (χ3v) is 5.45. The predicted octanol–water partition coefficient (Wildman–Crippen LogP) is 2.60. The number of nitrogens with zero attached hydrogens (tertiary/aromatic N) is 3. The van der Waals surface area contributed by atoms with Gasteiger partial charge in [0.15, 0.2) is 0 Å². The number of likely N-dealkylation sites (tertiary alicyclic amines) is 1. The molecular weight excluding hydrogens is 260 g/mol. The van der Waals surface area contributed by atoms with Crippen LogP contribution in [-0.2, 0) is 6.42 Å². The molecule has 1 saturated carbocycles. The largest absolute Gasteiger partial charge is 0.334 e. The molecule has 4 nitrogen and oxygen atoms in total. The summed E-state index contributed by atoms with van der Waals surface area (Å²) in [6.45, 7) is 6.86. The van der Waals surface area contributed by atoms with Crippen LogP contribution in [0.4, 0.5) is 0 Å². The van der Waals surface area contributed by atoms with Gasteiger partial charge in [-0.05, 0) is 44.9 Å². The Labute approximate surface area is 128 Å². The lowest BCUT2D eigenvalue weighted by Crippen LogP contribution is -2.35. The lowest BCUT2D eigenvalue weighted by atomic mass is 9.87. The number of hydrogen-bond donors (Lipinski definition) is 1. The molecule has 1 unspecified atom stereocenters. The molecule has 1 aromatic heterocycles. The van der Waals surface area contributed by atoms with Gasteiger partial charge in [-0.15, -0.1) is 0 Å². The van der Waals surface area contributed by atoms with Crippen molar-refractivity contribution in [1.82, 2.24) is 14.5 Å². The van der Waals surface area contributed by atoms with Gasteiger partial charge in [0.05, 0.1) is 12.0 Å². The van der Waals surface area contributed by atoms with E-state index in [0.29, 0.717) is 18.1 Å². The first-order chi connectivity index (χ1) is 10.1. The van der Waals surface area contributed by atoms with Gasteiger partial charge >= 0.3 is 0 Å². The van der Waals surface area contributed by atoms with Crippen LogP contribution in [0.3, 0.4) is 0 Å². The molecule has 3 rings (SSSR count). The van der Waals surface area contributed by atoms with E-state index in [9.17, 15) is 0 Å². The van der Waals surface area contributed by atoms with Gasteiger partial charge in [-0.2, -0.15) is 0 Å². The summed E-state index contributed by atoms with van der Waals surface area (Å²) in [5, 5.41) is 0. The van der Waals surface area contributed by atoms with Gasteiger partial charge in [-0.1, -0.05) is 6.92 Å². The molecule has 2 N–H and O–H groups in total. The molecule has 118 valence electrons. The van der Waals surface area contributed by atoms with Crippen LogP contribution in [0.2, 0.25) is 0 Å². The molecule has 2 atom stereocenters. The van der Waals surface area contributed by atoms with Crippen molar-refractivity contribution in [2.45, 2.75) is 70.5 Å². The normalized spacial score (nSPS) is 32.4. The average Bonchev–Trinajstić information content (AvgIpc) is 3.09. The Morgan fingerprint density at radius 2 is 2.05 bits per heavy atom. The second-order valence-corrected chi connectivity index (χ2v) is 7.32. The van der Waals surface area contributed by atoms with Crippen LogP contribution < -0.4 is 5.73 Å². The second-order valence-electron chi connectivity index (χ2n) is 7.32. The number of rotatable bonds is 4. The molecule has 1 aliphatic carbocycles. The van der Waals surface area contributed by atoms with Crippen molar-refractivity contribution in [3.63, 3.8) is 0 Å². The molecule has 0 aromatic carbocycles. The summed E-state index contributed by atoms with van der Waals surface area (Å²) in [7, 11) is 0. The van der Waals surface area contributed by atoms with Gasteiger partial charge in [-0.3, -0.25) is 4.90 Å². The van der Waals surface area contributed by atoms with E-state index in [4.69, 9.17) is 5.73 Å². The maximum Gasteiger partial charge on any atom is 0.0951 e. The highest BCUT2D eigenvalue weighted by atomic mass is 15.2. The minimum absolute atomic E-state index is 0.370. The molecule has 2 fully saturated rings. The summed E-state index contributed by atoms with van der Waals surface area (Å²) in [6, 6.07) is 1.60. The van der Waals surface area contributed by atoms with E-state index in [2.05, 4.69) is 40.8 Å². The molecule has 1 aromatic rings. The summed E-state index contributed by atoms with van der Waals surface area (Å²) in [5.74, 6) is 0.906. The van der Waals surface area contributed by atoms with Gasteiger partial charge in [0, 0.05) is 43.8 Å². The Morgan fingerprint density at radius 1 is 1.29 bits per heavy atom. The summed E-state index contributed by atoms with van der Waals surface area (Å²) in [6.07, 6.45) is 11.9. The van der Waals surface area contributed by atoms with E-state index in [1.54, 1.807) is 0 Å². The van der Waals surface area contributed by atoms with Crippen molar-refractivity contribution in [2.75, 3.05) is 13.1 Å². The summed E-state index contributed by atoms with van der Waals surface area (Å²) >= 11 is 0. The molecule has 2 heterocycles. The van der Waals surface area contributed by atoms with Crippen LogP contribution in [0.5, 0.6) is 0 Å². The monoisotopic (exact) mass is 290 g/mol. The van der Waals surface area contributed by atoms with E-state index in [-0.39, 0.29) is 0 Å². The first kappa shape index (κ1) is 15.0. The Morgan fingerprint density at radius 3 is 2.71 bits per heavy atom. The molecule has 0 bridgehead atoms. The van der Waals surface area contributed by atoms with Crippen molar-refractivity contribution < 1.29 is 0 Å². The smallest absolute Gasteiger partial charge is 0.0951 e. The molecule has 21 heavy (non-hydrogen) atoms. The predicted molar refractivity (Wildman–Crippen MR) is 86.2 cm³/mol. The lowest BCUT2D eigenvalue weighted by molar-refractivity contribution is 0.253. The van der Waals surface area contributed by atoms with Gasteiger partial charge in [-0.25, -0.2) is 4.98 Å². The first-order valence-corrected chi connectivity index (χ1v) is 8.64. The van der Waals surface area contributed by atoms with Gasteiger partial charge in [0.2, 0.25) is 0 Å². The van der Waals surface area contributed by atoms with E-state index in [1.165, 1.54) is 31.4 Å². The average molecular weight is 290 g/mol. The van der Waals surface area contributed by atoms with Crippen molar-refractivity contribution in [2.24, 2.45) is 11.7 Å². The first-order valence-electron chi connectivity index (χ1n) is 8.64. The lowest BCUT2D eigenvalue weighted by Gasteiger charge is -2.27. The van der Waals surface area contributed by atoms with Crippen LogP contribution in [0, 0.1) is 5.92 Å². The fourth-order valence-corrected chi connectivity index (χ4v) is 3.87. The fourth-order valence-electron chi connectivity index (χ4n) is 3.87. The highest BCUT2D eigenvalue weighted by molar-refractivity contribution is 5.02. The molecule has 1 aliphatic heterocycles.